The molecular formula is C22H30O9. The van der Waals surface area contributed by atoms with Gasteiger partial charge < -0.3 is 24.4 Å². The Balaban J connectivity index is 2.35. The van der Waals surface area contributed by atoms with Gasteiger partial charge in [-0.15, -0.1) is 0 Å². The van der Waals surface area contributed by atoms with Crippen LogP contribution in [-0.2, 0) is 33.4 Å². The minimum Gasteiger partial charge on any atom is -0.466 e. The van der Waals surface area contributed by atoms with Crippen LogP contribution in [-0.4, -0.2) is 65.9 Å². The molecule has 0 unspecified atom stereocenters. The summed E-state index contributed by atoms with van der Waals surface area (Å²) >= 11 is 0. The van der Waals surface area contributed by atoms with E-state index >= 15 is 0 Å². The normalized spacial score (nSPS) is 33.2. The molecule has 0 saturated heterocycles. The molecule has 0 aromatic carbocycles. The maximum atomic E-state index is 12.6. The molecule has 0 spiro atoms. The van der Waals surface area contributed by atoms with Crippen LogP contribution in [0.5, 0.6) is 0 Å². The summed E-state index contributed by atoms with van der Waals surface area (Å²) in [4.78, 5) is 48.3. The zero-order valence-electron chi connectivity index (χ0n) is 18.3. The number of methoxy groups -OCH3 is 1. The molecule has 0 bridgehead atoms. The number of ether oxygens (including phenoxy) is 3. The van der Waals surface area contributed by atoms with Crippen LogP contribution in [0.1, 0.15) is 40.0 Å². The fourth-order valence-corrected chi connectivity index (χ4v) is 4.58. The molecule has 2 N–H and O–H groups in total. The Hall–Kier alpha value is -2.52. The summed E-state index contributed by atoms with van der Waals surface area (Å²) in [6.07, 6.45) is -1.55. The number of aliphatic hydroxyl groups is 2. The summed E-state index contributed by atoms with van der Waals surface area (Å²) < 4.78 is 15.1. The lowest BCUT2D eigenvalue weighted by Gasteiger charge is -2.54. The molecule has 9 heteroatoms. The fourth-order valence-electron chi connectivity index (χ4n) is 4.58. The van der Waals surface area contributed by atoms with Gasteiger partial charge in [0.25, 0.3) is 0 Å². The SMILES string of the molecule is C=C(C(=O)OC)[C@@H]1[C@H](O)[C@@H]2C(=O)CC[C@@H](O)[C@@]2(C)C[C@@H]1OC(=O)/C(C)=C\COC(C)=O. The highest BCUT2D eigenvalue weighted by Gasteiger charge is 2.60. The summed E-state index contributed by atoms with van der Waals surface area (Å²) in [5.41, 5.74) is -1.00. The van der Waals surface area contributed by atoms with Gasteiger partial charge in [-0.2, -0.15) is 0 Å². The van der Waals surface area contributed by atoms with E-state index in [4.69, 9.17) is 14.2 Å². The van der Waals surface area contributed by atoms with Crippen LogP contribution in [0, 0.1) is 17.3 Å². The third-order valence-corrected chi connectivity index (χ3v) is 6.34. The maximum Gasteiger partial charge on any atom is 0.333 e. The van der Waals surface area contributed by atoms with Crippen molar-refractivity contribution in [2.75, 3.05) is 13.7 Å². The van der Waals surface area contributed by atoms with E-state index in [1.165, 1.54) is 19.9 Å². The van der Waals surface area contributed by atoms with Gasteiger partial charge >= 0.3 is 17.9 Å². The summed E-state index contributed by atoms with van der Waals surface area (Å²) in [6.45, 7) is 7.97. The summed E-state index contributed by atoms with van der Waals surface area (Å²) in [5, 5.41) is 21.7. The van der Waals surface area contributed by atoms with Gasteiger partial charge in [0.2, 0.25) is 0 Å². The number of fused-ring (bicyclic) bond motifs is 1. The number of carbonyl (C=O) groups is 4. The van der Waals surface area contributed by atoms with Crippen molar-refractivity contribution in [1.82, 2.24) is 0 Å². The lowest BCUT2D eigenvalue weighted by molar-refractivity contribution is -0.189. The van der Waals surface area contributed by atoms with Crippen LogP contribution in [0.2, 0.25) is 0 Å². The molecular weight excluding hydrogens is 408 g/mol. The first-order chi connectivity index (χ1) is 14.4. The standard InChI is InChI=1S/C22H30O9/c1-11(8-9-30-13(3)23)20(27)31-15-10-22(4)16(25)7-6-14(24)18(22)19(26)17(15)12(2)21(28)29-5/h8,15-19,25-26H,2,6-7,9-10H2,1,3-5H3/b11-8-/t15-,16+,17-,18-,19-,22+/m0/s1. The molecule has 0 aliphatic heterocycles. The highest BCUT2D eigenvalue weighted by molar-refractivity contribution is 5.90. The van der Waals surface area contributed by atoms with Crippen molar-refractivity contribution in [1.29, 1.82) is 0 Å². The van der Waals surface area contributed by atoms with Crippen molar-refractivity contribution in [2.24, 2.45) is 17.3 Å². The molecule has 2 aliphatic carbocycles. The van der Waals surface area contributed by atoms with Crippen molar-refractivity contribution in [3.63, 3.8) is 0 Å². The number of aliphatic hydroxyl groups excluding tert-OH is 2. The maximum absolute atomic E-state index is 12.6. The summed E-state index contributed by atoms with van der Waals surface area (Å²) in [5.74, 6) is -4.27. The predicted octanol–water partition coefficient (Wildman–Crippen LogP) is 0.864. The van der Waals surface area contributed by atoms with Crippen molar-refractivity contribution >= 4 is 23.7 Å². The lowest BCUT2D eigenvalue weighted by Crippen LogP contribution is -2.62. The first-order valence-electron chi connectivity index (χ1n) is 10.1. The van der Waals surface area contributed by atoms with Crippen LogP contribution < -0.4 is 0 Å². The molecule has 2 aliphatic rings. The molecule has 0 amide bonds. The van der Waals surface area contributed by atoms with E-state index in [2.05, 4.69) is 6.58 Å². The van der Waals surface area contributed by atoms with E-state index in [0.29, 0.717) is 0 Å². The van der Waals surface area contributed by atoms with Crippen molar-refractivity contribution in [3.8, 4) is 0 Å². The molecule has 2 saturated carbocycles. The fraction of sp³-hybridized carbons (Fsp3) is 0.636. The van der Waals surface area contributed by atoms with Gasteiger partial charge in [-0.3, -0.25) is 9.59 Å². The van der Waals surface area contributed by atoms with E-state index in [9.17, 15) is 29.4 Å². The number of hydrogen-bond donors (Lipinski definition) is 2. The number of Topliss-reactive ketones (excluding diaryl/α,β-unsaturated/α-hetero) is 1. The van der Waals surface area contributed by atoms with Gasteiger partial charge in [0.15, 0.2) is 0 Å². The van der Waals surface area contributed by atoms with E-state index < -0.39 is 53.5 Å². The number of rotatable bonds is 6. The van der Waals surface area contributed by atoms with Gasteiger partial charge in [-0.1, -0.05) is 13.5 Å². The molecule has 2 fully saturated rings. The highest BCUT2D eigenvalue weighted by Crippen LogP contribution is 2.52. The quantitative estimate of drug-likeness (QED) is 0.351. The van der Waals surface area contributed by atoms with E-state index in [1.54, 1.807) is 6.92 Å². The molecule has 0 radical (unpaired) electrons. The third-order valence-electron chi connectivity index (χ3n) is 6.34. The van der Waals surface area contributed by atoms with Crippen LogP contribution in [0.15, 0.2) is 23.8 Å². The average molecular weight is 438 g/mol. The molecule has 0 aromatic heterocycles. The molecule has 0 aromatic rings. The van der Waals surface area contributed by atoms with Crippen LogP contribution in [0.3, 0.4) is 0 Å². The summed E-state index contributed by atoms with van der Waals surface area (Å²) in [7, 11) is 1.16. The Morgan fingerprint density at radius 2 is 1.87 bits per heavy atom. The largest absolute Gasteiger partial charge is 0.466 e. The van der Waals surface area contributed by atoms with Crippen molar-refractivity contribution in [3.05, 3.63) is 23.8 Å². The van der Waals surface area contributed by atoms with Gasteiger partial charge in [0.05, 0.1) is 31.2 Å². The molecule has 9 nitrogen and oxygen atoms in total. The zero-order chi connectivity index (χ0) is 23.5. The highest BCUT2D eigenvalue weighted by atomic mass is 16.5. The Labute approximate surface area is 181 Å². The van der Waals surface area contributed by atoms with Crippen LogP contribution in [0.4, 0.5) is 0 Å². The molecule has 0 heterocycles. The zero-order valence-corrected chi connectivity index (χ0v) is 18.3. The minimum atomic E-state index is -1.39. The second-order valence-electron chi connectivity index (χ2n) is 8.38. The Kier molecular flexibility index (Phi) is 7.77. The average Bonchev–Trinajstić information content (AvgIpc) is 2.69. The van der Waals surface area contributed by atoms with Crippen molar-refractivity contribution in [2.45, 2.75) is 58.3 Å². The van der Waals surface area contributed by atoms with E-state index in [1.807, 2.05) is 0 Å². The van der Waals surface area contributed by atoms with Gasteiger partial charge in [-0.25, -0.2) is 9.59 Å². The molecule has 2 rings (SSSR count). The monoisotopic (exact) mass is 438 g/mol. The minimum absolute atomic E-state index is 0.0469. The third kappa shape index (κ3) is 5.04. The topological polar surface area (TPSA) is 136 Å². The second-order valence-corrected chi connectivity index (χ2v) is 8.38. The first kappa shape index (κ1) is 24.7. The smallest absolute Gasteiger partial charge is 0.333 e. The molecule has 172 valence electrons. The Bertz CT molecular complexity index is 799. The molecule has 31 heavy (non-hydrogen) atoms. The number of hydrogen-bond acceptors (Lipinski definition) is 9. The second kappa shape index (κ2) is 9.74. The van der Waals surface area contributed by atoms with Crippen LogP contribution in [0.25, 0.3) is 0 Å². The van der Waals surface area contributed by atoms with Gasteiger partial charge in [0, 0.05) is 29.9 Å². The van der Waals surface area contributed by atoms with E-state index in [0.717, 1.165) is 7.11 Å². The molecule has 6 atom stereocenters. The van der Waals surface area contributed by atoms with E-state index in [-0.39, 0.29) is 42.8 Å². The first-order valence-corrected chi connectivity index (χ1v) is 10.1. The Morgan fingerprint density at radius 1 is 1.23 bits per heavy atom. The predicted molar refractivity (Wildman–Crippen MR) is 107 cm³/mol. The number of carbonyl (C=O) groups excluding carboxylic acids is 4. The van der Waals surface area contributed by atoms with Crippen molar-refractivity contribution < 1.29 is 43.6 Å². The van der Waals surface area contributed by atoms with Gasteiger partial charge in [0.1, 0.15) is 18.5 Å². The lowest BCUT2D eigenvalue weighted by atomic mass is 9.53. The summed E-state index contributed by atoms with van der Waals surface area (Å²) in [6, 6.07) is 0. The number of esters is 3. The van der Waals surface area contributed by atoms with Gasteiger partial charge in [-0.05, 0) is 25.8 Å². The number of ketones is 1. The van der Waals surface area contributed by atoms with Crippen LogP contribution >= 0.6 is 0 Å². The Morgan fingerprint density at radius 3 is 2.45 bits per heavy atom.